The molecule has 0 saturated carbocycles. The van der Waals surface area contributed by atoms with Crippen molar-refractivity contribution in [2.24, 2.45) is 0 Å². The van der Waals surface area contributed by atoms with Crippen LogP contribution in [0.1, 0.15) is 5.56 Å². The lowest BCUT2D eigenvalue weighted by molar-refractivity contribution is 0.410. The Morgan fingerprint density at radius 1 is 1.16 bits per heavy atom. The normalized spacial score (nSPS) is 10.3. The minimum absolute atomic E-state index is 0.578. The van der Waals surface area contributed by atoms with Gasteiger partial charge in [-0.05, 0) is 18.2 Å². The molecule has 0 fully saturated rings. The van der Waals surface area contributed by atoms with Crippen LogP contribution in [0.3, 0.4) is 0 Å². The Balaban J connectivity index is 2.19. The largest absolute Gasteiger partial charge is 0.496 e. The number of nitrogens with one attached hydrogen (secondary N) is 1. The number of methoxy groups -OCH3 is 1. The molecule has 0 radical (unpaired) electrons. The molecule has 2 aromatic rings. The van der Waals surface area contributed by atoms with E-state index in [9.17, 15) is 0 Å². The van der Waals surface area contributed by atoms with Gasteiger partial charge in [-0.15, -0.1) is 0 Å². The maximum atomic E-state index is 6.17. The molecule has 0 saturated heterocycles. The van der Waals surface area contributed by atoms with E-state index in [1.165, 1.54) is 0 Å². The summed E-state index contributed by atoms with van der Waals surface area (Å²) < 4.78 is 6.15. The van der Waals surface area contributed by atoms with Crippen LogP contribution < -0.4 is 10.1 Å². The van der Waals surface area contributed by atoms with Gasteiger partial charge < -0.3 is 10.1 Å². The van der Waals surface area contributed by atoms with Gasteiger partial charge in [-0.1, -0.05) is 57.3 Å². The van der Waals surface area contributed by atoms with Crippen molar-refractivity contribution in [2.75, 3.05) is 12.4 Å². The Hall–Kier alpha value is -0.900. The van der Waals surface area contributed by atoms with Crippen molar-refractivity contribution in [2.45, 2.75) is 6.54 Å². The van der Waals surface area contributed by atoms with Gasteiger partial charge in [-0.3, -0.25) is 0 Å². The van der Waals surface area contributed by atoms with Gasteiger partial charge in [0.05, 0.1) is 22.8 Å². The van der Waals surface area contributed by atoms with Crippen LogP contribution in [0, 0.1) is 0 Å². The van der Waals surface area contributed by atoms with E-state index < -0.39 is 0 Å². The molecule has 1 N–H and O–H groups in total. The summed E-state index contributed by atoms with van der Waals surface area (Å²) in [6.45, 7) is 0.588. The number of ether oxygens (including phenoxy) is 1. The molecule has 0 atom stereocenters. The second-order valence-corrected chi connectivity index (χ2v) is 5.64. The molecule has 0 bridgehead atoms. The molecule has 2 rings (SSSR count). The van der Waals surface area contributed by atoms with Crippen LogP contribution in [-0.2, 0) is 6.54 Å². The van der Waals surface area contributed by atoms with Crippen molar-refractivity contribution in [3.05, 3.63) is 56.5 Å². The maximum Gasteiger partial charge on any atom is 0.123 e. The average Bonchev–Trinajstić information content (AvgIpc) is 2.38. The quantitative estimate of drug-likeness (QED) is 0.790. The standard InChI is InChI=1S/C14H12BrCl2NO/c1-19-13-5-3-2-4-9(13)8-18-14-11(16)6-10(15)7-12(14)17/h2-7,18H,8H2,1H3. The number of para-hydroxylation sites is 1. The Bertz CT molecular complexity index is 566. The second-order valence-electron chi connectivity index (χ2n) is 3.91. The lowest BCUT2D eigenvalue weighted by Gasteiger charge is -2.13. The van der Waals surface area contributed by atoms with Crippen LogP contribution >= 0.6 is 39.1 Å². The Morgan fingerprint density at radius 2 is 1.79 bits per heavy atom. The monoisotopic (exact) mass is 359 g/mol. The van der Waals surface area contributed by atoms with E-state index in [2.05, 4.69) is 21.2 Å². The van der Waals surface area contributed by atoms with Gasteiger partial charge in [0, 0.05) is 16.6 Å². The third-order valence-electron chi connectivity index (χ3n) is 2.66. The summed E-state index contributed by atoms with van der Waals surface area (Å²) in [5.41, 5.74) is 1.76. The molecule has 19 heavy (non-hydrogen) atoms. The van der Waals surface area contributed by atoms with Crippen LogP contribution in [0.25, 0.3) is 0 Å². The van der Waals surface area contributed by atoms with Crippen molar-refractivity contribution >= 4 is 44.8 Å². The average molecular weight is 361 g/mol. The van der Waals surface area contributed by atoms with Gasteiger partial charge in [0.2, 0.25) is 0 Å². The van der Waals surface area contributed by atoms with Gasteiger partial charge in [-0.25, -0.2) is 0 Å². The lowest BCUT2D eigenvalue weighted by atomic mass is 10.2. The predicted octanol–water partition coefficient (Wildman–Crippen LogP) is 5.38. The van der Waals surface area contributed by atoms with E-state index in [1.54, 1.807) is 19.2 Å². The third kappa shape index (κ3) is 3.56. The molecule has 100 valence electrons. The number of benzene rings is 2. The molecule has 5 heteroatoms. The molecule has 0 aliphatic heterocycles. The number of hydrogen-bond acceptors (Lipinski definition) is 2. The molecule has 0 amide bonds. The van der Waals surface area contributed by atoms with Crippen molar-refractivity contribution in [3.8, 4) is 5.75 Å². The first-order valence-corrected chi connectivity index (χ1v) is 7.17. The van der Waals surface area contributed by atoms with Crippen LogP contribution in [0.4, 0.5) is 5.69 Å². The highest BCUT2D eigenvalue weighted by molar-refractivity contribution is 9.10. The number of anilines is 1. The van der Waals surface area contributed by atoms with Crippen molar-refractivity contribution in [1.29, 1.82) is 0 Å². The maximum absolute atomic E-state index is 6.17. The number of hydrogen-bond donors (Lipinski definition) is 1. The minimum Gasteiger partial charge on any atom is -0.496 e. The van der Waals surface area contributed by atoms with Crippen molar-refractivity contribution < 1.29 is 4.74 Å². The van der Waals surface area contributed by atoms with Gasteiger partial charge >= 0.3 is 0 Å². The zero-order chi connectivity index (χ0) is 13.8. The summed E-state index contributed by atoms with van der Waals surface area (Å²) in [5.74, 6) is 0.833. The Morgan fingerprint density at radius 3 is 2.42 bits per heavy atom. The van der Waals surface area contributed by atoms with E-state index in [-0.39, 0.29) is 0 Å². The highest BCUT2D eigenvalue weighted by atomic mass is 79.9. The molecule has 0 spiro atoms. The third-order valence-corrected chi connectivity index (χ3v) is 3.71. The van der Waals surface area contributed by atoms with Gasteiger partial charge in [-0.2, -0.15) is 0 Å². The van der Waals surface area contributed by atoms with E-state index in [1.807, 2.05) is 24.3 Å². The molecule has 0 unspecified atom stereocenters. The van der Waals surface area contributed by atoms with E-state index >= 15 is 0 Å². The summed E-state index contributed by atoms with van der Waals surface area (Å²) in [7, 11) is 1.65. The molecule has 2 aromatic carbocycles. The molecule has 0 aromatic heterocycles. The topological polar surface area (TPSA) is 21.3 Å². The van der Waals surface area contributed by atoms with Crippen molar-refractivity contribution in [3.63, 3.8) is 0 Å². The summed E-state index contributed by atoms with van der Waals surface area (Å²) >= 11 is 15.7. The van der Waals surface area contributed by atoms with E-state index in [4.69, 9.17) is 27.9 Å². The van der Waals surface area contributed by atoms with Crippen LogP contribution in [-0.4, -0.2) is 7.11 Å². The molecule has 2 nitrogen and oxygen atoms in total. The van der Waals surface area contributed by atoms with E-state index in [0.29, 0.717) is 16.6 Å². The first-order chi connectivity index (χ1) is 9.11. The molecule has 0 aliphatic rings. The van der Waals surface area contributed by atoms with Crippen LogP contribution in [0.5, 0.6) is 5.75 Å². The summed E-state index contributed by atoms with van der Waals surface area (Å²) in [4.78, 5) is 0. The molecule has 0 heterocycles. The van der Waals surface area contributed by atoms with Crippen molar-refractivity contribution in [1.82, 2.24) is 0 Å². The highest BCUT2D eigenvalue weighted by Crippen LogP contribution is 2.34. The highest BCUT2D eigenvalue weighted by Gasteiger charge is 2.08. The van der Waals surface area contributed by atoms with Gasteiger partial charge in [0.25, 0.3) is 0 Å². The number of halogens is 3. The smallest absolute Gasteiger partial charge is 0.123 e. The van der Waals surface area contributed by atoms with Crippen LogP contribution in [0.2, 0.25) is 10.0 Å². The zero-order valence-corrected chi connectivity index (χ0v) is 13.3. The van der Waals surface area contributed by atoms with Gasteiger partial charge in [0.1, 0.15) is 5.75 Å². The van der Waals surface area contributed by atoms with E-state index in [0.717, 1.165) is 21.5 Å². The van der Waals surface area contributed by atoms with Crippen LogP contribution in [0.15, 0.2) is 40.9 Å². The first-order valence-electron chi connectivity index (χ1n) is 5.62. The summed E-state index contributed by atoms with van der Waals surface area (Å²) in [6, 6.07) is 11.4. The van der Waals surface area contributed by atoms with Gasteiger partial charge in [0.15, 0.2) is 0 Å². The molecular formula is C14H12BrCl2NO. The SMILES string of the molecule is COc1ccccc1CNc1c(Cl)cc(Br)cc1Cl. The summed E-state index contributed by atoms with van der Waals surface area (Å²) in [5, 5.41) is 4.39. The minimum atomic E-state index is 0.578. The molecule has 0 aliphatic carbocycles. The zero-order valence-electron chi connectivity index (χ0n) is 10.2. The Labute approximate surface area is 130 Å². The fourth-order valence-electron chi connectivity index (χ4n) is 1.74. The lowest BCUT2D eigenvalue weighted by Crippen LogP contribution is -2.02. The fraction of sp³-hybridized carbons (Fsp3) is 0.143. The second kappa shape index (κ2) is 6.51. The molecular weight excluding hydrogens is 349 g/mol. The summed E-state index contributed by atoms with van der Waals surface area (Å²) in [6.07, 6.45) is 0. The predicted molar refractivity (Wildman–Crippen MR) is 84.5 cm³/mol. The fourth-order valence-corrected chi connectivity index (χ4v) is 3.09. The first kappa shape index (κ1) is 14.5. The Kier molecular flexibility index (Phi) is 4.97. The number of rotatable bonds is 4.